The Bertz CT molecular complexity index is 510. The van der Waals surface area contributed by atoms with Crippen molar-refractivity contribution in [3.8, 4) is 0 Å². The first-order chi connectivity index (χ1) is 8.78. The molecule has 0 bridgehead atoms. The van der Waals surface area contributed by atoms with Crippen LogP contribution in [0.4, 0.5) is 10.8 Å². The summed E-state index contributed by atoms with van der Waals surface area (Å²) in [5, 5.41) is 11.1. The number of anilines is 1. The molecule has 0 atom stereocenters. The molecule has 94 valence electrons. The van der Waals surface area contributed by atoms with Gasteiger partial charge < -0.3 is 14.3 Å². The normalized spacial score (nSPS) is 10.1. The molecule has 18 heavy (non-hydrogen) atoms. The molecule has 1 heterocycles. The van der Waals surface area contributed by atoms with Crippen molar-refractivity contribution in [2.75, 3.05) is 5.32 Å². The van der Waals surface area contributed by atoms with Crippen molar-refractivity contribution in [2.24, 2.45) is 0 Å². The Balaban J connectivity index is 1.82. The maximum atomic E-state index is 11.4. The van der Waals surface area contributed by atoms with E-state index in [1.54, 1.807) is 0 Å². The van der Waals surface area contributed by atoms with Crippen LogP contribution >= 0.6 is 0 Å². The zero-order valence-electron chi connectivity index (χ0n) is 9.50. The Labute approximate surface area is 103 Å². The number of rotatable bonds is 4. The Morgan fingerprint density at radius 3 is 2.83 bits per heavy atom. The zero-order chi connectivity index (χ0) is 12.8. The molecule has 1 aromatic carbocycles. The van der Waals surface area contributed by atoms with Crippen LogP contribution in [-0.2, 0) is 18.0 Å². The van der Waals surface area contributed by atoms with Gasteiger partial charge in [0.2, 0.25) is 0 Å². The van der Waals surface area contributed by atoms with Crippen LogP contribution in [0.2, 0.25) is 0 Å². The van der Waals surface area contributed by atoms with Gasteiger partial charge in [0.15, 0.2) is 5.76 Å². The number of aromatic nitrogens is 1. The number of hydrogen-bond donors (Lipinski definition) is 2. The van der Waals surface area contributed by atoms with E-state index in [9.17, 15) is 4.79 Å². The molecule has 2 aromatic rings. The highest BCUT2D eigenvalue weighted by Crippen LogP contribution is 2.09. The lowest BCUT2D eigenvalue weighted by atomic mass is 10.2. The molecule has 0 aliphatic heterocycles. The first kappa shape index (κ1) is 12.1. The Morgan fingerprint density at radius 2 is 2.17 bits per heavy atom. The van der Waals surface area contributed by atoms with E-state index in [1.807, 2.05) is 30.3 Å². The van der Waals surface area contributed by atoms with E-state index in [1.165, 1.54) is 6.20 Å². The molecule has 0 saturated heterocycles. The number of carbonyl (C=O) groups excluding carboxylic acids is 1. The minimum absolute atomic E-state index is 0.00267. The van der Waals surface area contributed by atoms with E-state index in [-0.39, 0.29) is 25.0 Å². The summed E-state index contributed by atoms with van der Waals surface area (Å²) < 4.78 is 9.94. The number of oxazole rings is 1. The summed E-state index contributed by atoms with van der Waals surface area (Å²) in [4.78, 5) is 15.1. The van der Waals surface area contributed by atoms with Crippen LogP contribution in [0.3, 0.4) is 0 Å². The number of carbonyl (C=O) groups is 1. The number of aliphatic hydroxyl groups is 1. The van der Waals surface area contributed by atoms with Gasteiger partial charge in [-0.25, -0.2) is 15.1 Å². The average molecular weight is 248 g/mol. The van der Waals surface area contributed by atoms with Gasteiger partial charge in [0.25, 0.3) is 0 Å². The number of nitrogens with one attached hydrogen (secondary N) is 1. The number of benzene rings is 1. The topological polar surface area (TPSA) is 84.6 Å². The molecule has 6 nitrogen and oxygen atoms in total. The Hall–Kier alpha value is -2.34. The number of amides is 1. The van der Waals surface area contributed by atoms with Gasteiger partial charge in [0.05, 0.1) is 6.20 Å². The van der Waals surface area contributed by atoms with E-state index in [4.69, 9.17) is 14.3 Å². The lowest BCUT2D eigenvalue weighted by molar-refractivity contribution is 0.154. The summed E-state index contributed by atoms with van der Waals surface area (Å²) in [6.45, 7) is -0.103. The predicted molar refractivity (Wildman–Crippen MR) is 62.7 cm³/mol. The van der Waals surface area contributed by atoms with E-state index in [2.05, 4.69) is 10.3 Å². The van der Waals surface area contributed by atoms with Gasteiger partial charge in [-0.3, -0.25) is 0 Å². The zero-order valence-corrected chi connectivity index (χ0v) is 9.50. The number of hydrogen-bond acceptors (Lipinski definition) is 5. The molecule has 0 saturated carbocycles. The number of ether oxygens (including phenoxy) is 1. The van der Waals surface area contributed by atoms with Crippen molar-refractivity contribution in [1.29, 1.82) is 0 Å². The van der Waals surface area contributed by atoms with E-state index in [0.29, 0.717) is 0 Å². The monoisotopic (exact) mass is 248 g/mol. The molecule has 6 heteroatoms. The SMILES string of the molecule is O=C(Nc1ncc(CO)o1)OCc1ccccc1. The second kappa shape index (κ2) is 5.83. The van der Waals surface area contributed by atoms with E-state index in [0.717, 1.165) is 5.56 Å². The third kappa shape index (κ3) is 3.33. The molecule has 1 aromatic heterocycles. The van der Waals surface area contributed by atoms with Crippen LogP contribution in [0.1, 0.15) is 11.3 Å². The van der Waals surface area contributed by atoms with Gasteiger partial charge >= 0.3 is 12.1 Å². The highest BCUT2D eigenvalue weighted by molar-refractivity contribution is 5.81. The molecule has 0 radical (unpaired) electrons. The lowest BCUT2D eigenvalue weighted by Crippen LogP contribution is -2.13. The average Bonchev–Trinajstić information content (AvgIpc) is 2.85. The van der Waals surface area contributed by atoms with Crippen LogP contribution in [-0.4, -0.2) is 16.2 Å². The summed E-state index contributed by atoms with van der Waals surface area (Å²) in [5.41, 5.74) is 0.885. The van der Waals surface area contributed by atoms with Crippen molar-refractivity contribution in [3.63, 3.8) is 0 Å². The van der Waals surface area contributed by atoms with Crippen LogP contribution in [0, 0.1) is 0 Å². The van der Waals surface area contributed by atoms with Crippen LogP contribution in [0.5, 0.6) is 0 Å². The van der Waals surface area contributed by atoms with Gasteiger partial charge in [-0.15, -0.1) is 0 Å². The van der Waals surface area contributed by atoms with Crippen LogP contribution in [0.15, 0.2) is 40.9 Å². The van der Waals surface area contributed by atoms with Gasteiger partial charge in [-0.1, -0.05) is 30.3 Å². The second-order valence-corrected chi connectivity index (χ2v) is 3.48. The summed E-state index contributed by atoms with van der Waals surface area (Å²) in [6.07, 6.45) is 0.664. The second-order valence-electron chi connectivity index (χ2n) is 3.48. The smallest absolute Gasteiger partial charge is 0.415 e. The fourth-order valence-corrected chi connectivity index (χ4v) is 1.28. The van der Waals surface area contributed by atoms with Crippen molar-refractivity contribution >= 4 is 12.1 Å². The number of aliphatic hydroxyl groups excluding tert-OH is 1. The minimum Gasteiger partial charge on any atom is -0.444 e. The first-order valence-corrected chi connectivity index (χ1v) is 5.31. The summed E-state index contributed by atoms with van der Waals surface area (Å²) in [7, 11) is 0. The van der Waals surface area contributed by atoms with Gasteiger partial charge in [-0.05, 0) is 5.56 Å². The van der Waals surface area contributed by atoms with Crippen molar-refractivity contribution in [1.82, 2.24) is 4.98 Å². The number of nitrogens with zero attached hydrogens (tertiary/aromatic N) is 1. The maximum absolute atomic E-state index is 11.4. The summed E-state index contributed by atoms with van der Waals surface area (Å²) in [6, 6.07) is 9.30. The fraction of sp³-hybridized carbons (Fsp3) is 0.167. The Kier molecular flexibility index (Phi) is 3.93. The predicted octanol–water partition coefficient (Wildman–Crippen LogP) is 1.92. The van der Waals surface area contributed by atoms with Gasteiger partial charge in [0, 0.05) is 0 Å². The summed E-state index contributed by atoms with van der Waals surface area (Å²) in [5.74, 6) is 0.272. The molecule has 2 N–H and O–H groups in total. The first-order valence-electron chi connectivity index (χ1n) is 5.31. The molecule has 0 fully saturated rings. The quantitative estimate of drug-likeness (QED) is 0.863. The van der Waals surface area contributed by atoms with Crippen molar-refractivity contribution < 1.29 is 19.1 Å². The molecule has 2 rings (SSSR count). The molecule has 0 spiro atoms. The molecule has 0 aliphatic carbocycles. The third-order valence-corrected chi connectivity index (χ3v) is 2.13. The van der Waals surface area contributed by atoms with Gasteiger partial charge in [-0.2, -0.15) is 0 Å². The van der Waals surface area contributed by atoms with Crippen molar-refractivity contribution in [2.45, 2.75) is 13.2 Å². The maximum Gasteiger partial charge on any atom is 0.415 e. The van der Waals surface area contributed by atoms with Crippen molar-refractivity contribution in [3.05, 3.63) is 47.9 Å². The largest absolute Gasteiger partial charge is 0.444 e. The molecule has 0 aliphatic rings. The van der Waals surface area contributed by atoms with E-state index >= 15 is 0 Å². The van der Waals surface area contributed by atoms with Crippen LogP contribution < -0.4 is 5.32 Å². The standard InChI is InChI=1S/C12H12N2O4/c15-7-10-6-13-11(18-10)14-12(16)17-8-9-4-2-1-3-5-9/h1-6,15H,7-8H2,(H,13,14,16). The third-order valence-electron chi connectivity index (χ3n) is 2.13. The summed E-state index contributed by atoms with van der Waals surface area (Å²) >= 11 is 0. The van der Waals surface area contributed by atoms with Crippen LogP contribution in [0.25, 0.3) is 0 Å². The highest BCUT2D eigenvalue weighted by atomic mass is 16.6. The minimum atomic E-state index is -0.662. The molecular weight excluding hydrogens is 236 g/mol. The molecular formula is C12H12N2O4. The molecule has 1 amide bonds. The molecule has 0 unspecified atom stereocenters. The highest BCUT2D eigenvalue weighted by Gasteiger charge is 2.08. The van der Waals surface area contributed by atoms with E-state index < -0.39 is 6.09 Å². The van der Waals surface area contributed by atoms with Gasteiger partial charge in [0.1, 0.15) is 13.2 Å². The fourth-order valence-electron chi connectivity index (χ4n) is 1.28. The Morgan fingerprint density at radius 1 is 1.39 bits per heavy atom. The lowest BCUT2D eigenvalue weighted by Gasteiger charge is -2.04.